The summed E-state index contributed by atoms with van der Waals surface area (Å²) in [5.41, 5.74) is 4.29. The fourth-order valence-electron chi connectivity index (χ4n) is 2.35. The molecule has 4 nitrogen and oxygen atoms in total. The second-order valence-corrected chi connectivity index (χ2v) is 5.02. The summed E-state index contributed by atoms with van der Waals surface area (Å²) in [5.74, 6) is -0.303. The average molecular weight is 276 g/mol. The predicted octanol–water partition coefficient (Wildman–Crippen LogP) is 2.81. The molecular weight excluding hydrogens is 255 g/mol. The van der Waals surface area contributed by atoms with Crippen LogP contribution < -0.4 is 5.32 Å². The minimum absolute atomic E-state index is 0.120. The molecule has 2 aromatic rings. The van der Waals surface area contributed by atoms with Crippen molar-refractivity contribution in [2.75, 3.05) is 0 Å². The molecule has 0 fully saturated rings. The highest BCUT2D eigenvalue weighted by Gasteiger charge is 2.14. The third-order valence-corrected chi connectivity index (χ3v) is 3.70. The van der Waals surface area contributed by atoms with Gasteiger partial charge in [-0.1, -0.05) is 6.92 Å². The molecule has 0 spiro atoms. The highest BCUT2D eigenvalue weighted by atomic mass is 19.1. The minimum atomic E-state index is -0.303. The van der Waals surface area contributed by atoms with Gasteiger partial charge in [-0.15, -0.1) is 0 Å². The Morgan fingerprint density at radius 3 is 2.60 bits per heavy atom. The molecule has 1 atom stereocenters. The van der Waals surface area contributed by atoms with Gasteiger partial charge in [0.1, 0.15) is 5.82 Å². The molecule has 0 amide bonds. The van der Waals surface area contributed by atoms with E-state index in [1.54, 1.807) is 6.07 Å². The van der Waals surface area contributed by atoms with Gasteiger partial charge in [0.05, 0.1) is 17.6 Å². The summed E-state index contributed by atoms with van der Waals surface area (Å²) >= 11 is 0. The summed E-state index contributed by atoms with van der Waals surface area (Å²) in [6.45, 7) is 6.91. The van der Waals surface area contributed by atoms with E-state index in [9.17, 15) is 4.39 Å². The number of halogens is 1. The first-order chi connectivity index (χ1) is 9.52. The van der Waals surface area contributed by atoms with Crippen LogP contribution in [0, 0.1) is 19.7 Å². The Morgan fingerprint density at radius 1 is 1.35 bits per heavy atom. The van der Waals surface area contributed by atoms with E-state index in [1.165, 1.54) is 17.8 Å². The van der Waals surface area contributed by atoms with Crippen LogP contribution in [0.1, 0.15) is 42.0 Å². The number of pyridine rings is 1. The Hall–Kier alpha value is -1.75. The summed E-state index contributed by atoms with van der Waals surface area (Å²) in [7, 11) is 1.95. The molecule has 1 unspecified atom stereocenters. The van der Waals surface area contributed by atoms with Gasteiger partial charge in [-0.05, 0) is 32.4 Å². The topological polar surface area (TPSA) is 42.7 Å². The second-order valence-electron chi connectivity index (χ2n) is 5.02. The molecule has 20 heavy (non-hydrogen) atoms. The minimum Gasteiger partial charge on any atom is -0.304 e. The number of aryl methyl sites for hydroxylation is 2. The molecule has 0 saturated carbocycles. The SMILES string of the molecule is CCC(NCc1c(C)nn(C)c1C)c1ccc(F)cn1. The highest BCUT2D eigenvalue weighted by Crippen LogP contribution is 2.17. The average Bonchev–Trinajstić information content (AvgIpc) is 2.67. The lowest BCUT2D eigenvalue weighted by atomic mass is 10.1. The van der Waals surface area contributed by atoms with Gasteiger partial charge in [0.15, 0.2) is 0 Å². The molecule has 0 saturated heterocycles. The van der Waals surface area contributed by atoms with Gasteiger partial charge in [0.25, 0.3) is 0 Å². The maximum absolute atomic E-state index is 12.9. The first-order valence-electron chi connectivity index (χ1n) is 6.86. The number of aromatic nitrogens is 3. The van der Waals surface area contributed by atoms with E-state index in [0.717, 1.165) is 30.0 Å². The zero-order chi connectivity index (χ0) is 14.7. The van der Waals surface area contributed by atoms with Crippen molar-refractivity contribution in [2.45, 2.75) is 39.8 Å². The molecule has 0 aliphatic rings. The normalized spacial score (nSPS) is 12.7. The number of hydrogen-bond acceptors (Lipinski definition) is 3. The number of rotatable bonds is 5. The lowest BCUT2D eigenvalue weighted by Gasteiger charge is -2.16. The molecular formula is C15H21FN4. The van der Waals surface area contributed by atoms with Crippen LogP contribution in [0.4, 0.5) is 4.39 Å². The van der Waals surface area contributed by atoms with Crippen molar-refractivity contribution in [2.24, 2.45) is 7.05 Å². The van der Waals surface area contributed by atoms with Crippen molar-refractivity contribution in [3.63, 3.8) is 0 Å². The third kappa shape index (κ3) is 3.04. The Bertz CT molecular complexity index is 574. The van der Waals surface area contributed by atoms with Crippen LogP contribution in [-0.2, 0) is 13.6 Å². The quantitative estimate of drug-likeness (QED) is 0.913. The molecule has 2 aromatic heterocycles. The number of hydrogen-bond donors (Lipinski definition) is 1. The van der Waals surface area contributed by atoms with Crippen LogP contribution in [0.15, 0.2) is 18.3 Å². The standard InChI is InChI=1S/C15H21FN4/c1-5-14(15-7-6-12(16)8-17-15)18-9-13-10(2)19-20(4)11(13)3/h6-8,14,18H,5,9H2,1-4H3. The van der Waals surface area contributed by atoms with Crippen LogP contribution >= 0.6 is 0 Å². The van der Waals surface area contributed by atoms with E-state index in [4.69, 9.17) is 0 Å². The fraction of sp³-hybridized carbons (Fsp3) is 0.467. The molecule has 5 heteroatoms. The lowest BCUT2D eigenvalue weighted by molar-refractivity contribution is 0.502. The van der Waals surface area contributed by atoms with E-state index in [-0.39, 0.29) is 11.9 Å². The van der Waals surface area contributed by atoms with Gasteiger partial charge in [-0.3, -0.25) is 9.67 Å². The number of nitrogens with zero attached hydrogens (tertiary/aromatic N) is 3. The molecule has 0 aliphatic carbocycles. The molecule has 0 bridgehead atoms. The molecule has 0 radical (unpaired) electrons. The first-order valence-corrected chi connectivity index (χ1v) is 6.86. The largest absolute Gasteiger partial charge is 0.304 e. The monoisotopic (exact) mass is 276 g/mol. The molecule has 0 aliphatic heterocycles. The van der Waals surface area contributed by atoms with Crippen LogP contribution in [0.3, 0.4) is 0 Å². The van der Waals surface area contributed by atoms with Gasteiger partial charge >= 0.3 is 0 Å². The summed E-state index contributed by atoms with van der Waals surface area (Å²) in [4.78, 5) is 4.15. The predicted molar refractivity (Wildman–Crippen MR) is 76.7 cm³/mol. The van der Waals surface area contributed by atoms with E-state index < -0.39 is 0 Å². The Labute approximate surface area is 119 Å². The Balaban J connectivity index is 2.09. The van der Waals surface area contributed by atoms with Gasteiger partial charge in [-0.2, -0.15) is 5.10 Å². The zero-order valence-corrected chi connectivity index (χ0v) is 12.4. The van der Waals surface area contributed by atoms with Crippen LogP contribution in [0.2, 0.25) is 0 Å². The van der Waals surface area contributed by atoms with Crippen LogP contribution in [-0.4, -0.2) is 14.8 Å². The summed E-state index contributed by atoms with van der Waals surface area (Å²) in [5, 5.41) is 7.89. The summed E-state index contributed by atoms with van der Waals surface area (Å²) in [6.07, 6.45) is 2.16. The fourth-order valence-corrected chi connectivity index (χ4v) is 2.35. The molecule has 1 N–H and O–H groups in total. The van der Waals surface area contributed by atoms with Crippen molar-refractivity contribution in [3.05, 3.63) is 46.8 Å². The van der Waals surface area contributed by atoms with Crippen molar-refractivity contribution in [1.29, 1.82) is 0 Å². The maximum atomic E-state index is 12.9. The summed E-state index contributed by atoms with van der Waals surface area (Å²) in [6, 6.07) is 3.31. The lowest BCUT2D eigenvalue weighted by Crippen LogP contribution is -2.22. The summed E-state index contributed by atoms with van der Waals surface area (Å²) < 4.78 is 14.8. The van der Waals surface area contributed by atoms with Crippen molar-refractivity contribution in [1.82, 2.24) is 20.1 Å². The maximum Gasteiger partial charge on any atom is 0.141 e. The molecule has 2 rings (SSSR count). The van der Waals surface area contributed by atoms with Gasteiger partial charge in [0, 0.05) is 30.9 Å². The Kier molecular flexibility index (Phi) is 4.49. The van der Waals surface area contributed by atoms with Crippen LogP contribution in [0.25, 0.3) is 0 Å². The Morgan fingerprint density at radius 2 is 2.10 bits per heavy atom. The molecule has 0 aromatic carbocycles. The van der Waals surface area contributed by atoms with E-state index in [2.05, 4.69) is 29.2 Å². The van der Waals surface area contributed by atoms with Crippen LogP contribution in [0.5, 0.6) is 0 Å². The smallest absolute Gasteiger partial charge is 0.141 e. The van der Waals surface area contributed by atoms with E-state index >= 15 is 0 Å². The first kappa shape index (κ1) is 14.7. The molecule has 108 valence electrons. The van der Waals surface area contributed by atoms with Crippen molar-refractivity contribution in [3.8, 4) is 0 Å². The van der Waals surface area contributed by atoms with E-state index in [1.807, 2.05) is 18.7 Å². The second kappa shape index (κ2) is 6.13. The molecule has 2 heterocycles. The number of nitrogens with one attached hydrogen (secondary N) is 1. The van der Waals surface area contributed by atoms with Crippen molar-refractivity contribution >= 4 is 0 Å². The van der Waals surface area contributed by atoms with Gasteiger partial charge in [-0.25, -0.2) is 4.39 Å². The highest BCUT2D eigenvalue weighted by molar-refractivity contribution is 5.24. The zero-order valence-electron chi connectivity index (χ0n) is 12.4. The third-order valence-electron chi connectivity index (χ3n) is 3.70. The van der Waals surface area contributed by atoms with Gasteiger partial charge in [0.2, 0.25) is 0 Å². The van der Waals surface area contributed by atoms with E-state index in [0.29, 0.717) is 0 Å². The van der Waals surface area contributed by atoms with Gasteiger partial charge < -0.3 is 5.32 Å². The van der Waals surface area contributed by atoms with Crippen molar-refractivity contribution < 1.29 is 4.39 Å².